The van der Waals surface area contributed by atoms with Crippen molar-refractivity contribution in [1.82, 2.24) is 15.0 Å². The topological polar surface area (TPSA) is 93.3 Å². The lowest BCUT2D eigenvalue weighted by Gasteiger charge is -2.32. The number of aromatic nitrogens is 3. The first-order valence-electron chi connectivity index (χ1n) is 8.47. The lowest BCUT2D eigenvalue weighted by atomic mass is 9.89. The average Bonchev–Trinajstić information content (AvgIpc) is 2.90. The fourth-order valence-electron chi connectivity index (χ4n) is 3.34. The van der Waals surface area contributed by atoms with Crippen molar-refractivity contribution in [3.05, 3.63) is 23.1 Å². The molecule has 0 saturated heterocycles. The normalized spacial score (nSPS) is 17.6. The van der Waals surface area contributed by atoms with Crippen LogP contribution in [0.5, 0.6) is 0 Å². The lowest BCUT2D eigenvalue weighted by Crippen LogP contribution is -2.32. The Morgan fingerprint density at radius 1 is 1.32 bits per heavy atom. The molecule has 7 heteroatoms. The van der Waals surface area contributed by atoms with E-state index >= 15 is 0 Å². The second kappa shape index (κ2) is 5.64. The van der Waals surface area contributed by atoms with Crippen LogP contribution in [0.1, 0.15) is 37.6 Å². The molecular weight excluding hydrogens is 320 g/mol. The molecule has 1 aliphatic rings. The van der Waals surface area contributed by atoms with Gasteiger partial charge in [-0.25, -0.2) is 15.0 Å². The third-order valence-corrected chi connectivity index (χ3v) is 4.60. The number of rotatable bonds is 3. The van der Waals surface area contributed by atoms with E-state index in [-0.39, 0.29) is 5.60 Å². The van der Waals surface area contributed by atoms with Crippen LogP contribution < -0.4 is 5.32 Å². The van der Waals surface area contributed by atoms with Gasteiger partial charge in [0.15, 0.2) is 11.4 Å². The number of ether oxygens (including phenoxy) is 1. The molecule has 0 bridgehead atoms. The van der Waals surface area contributed by atoms with Crippen LogP contribution in [0.3, 0.4) is 0 Å². The van der Waals surface area contributed by atoms with Crippen molar-refractivity contribution in [3.8, 4) is 0 Å². The fraction of sp³-hybridized carbons (Fsp3) is 0.500. The Hall–Kier alpha value is -2.25. The Bertz CT molecular complexity index is 962. The zero-order valence-corrected chi connectivity index (χ0v) is 14.9. The van der Waals surface area contributed by atoms with Crippen molar-refractivity contribution >= 4 is 28.0 Å². The molecule has 1 atom stereocenters. The summed E-state index contributed by atoms with van der Waals surface area (Å²) in [4.78, 5) is 13.3. The van der Waals surface area contributed by atoms with Crippen LogP contribution in [0.2, 0.25) is 0 Å². The highest BCUT2D eigenvalue weighted by molar-refractivity contribution is 6.06. The number of aryl methyl sites for hydroxylation is 1. The molecule has 7 nitrogen and oxygen atoms in total. The molecule has 1 aliphatic heterocycles. The van der Waals surface area contributed by atoms with Gasteiger partial charge in [0.25, 0.3) is 0 Å². The number of fused-ring (bicyclic) bond motifs is 5. The van der Waals surface area contributed by atoms with Gasteiger partial charge in [0.05, 0.1) is 23.7 Å². The molecule has 0 amide bonds. The van der Waals surface area contributed by atoms with Gasteiger partial charge >= 0.3 is 0 Å². The molecule has 0 aromatic carbocycles. The van der Waals surface area contributed by atoms with Crippen LogP contribution in [-0.2, 0) is 17.8 Å². The summed E-state index contributed by atoms with van der Waals surface area (Å²) in [6.07, 6.45) is 1.80. The predicted molar refractivity (Wildman–Crippen MR) is 94.6 cm³/mol. The Labute approximate surface area is 145 Å². The van der Waals surface area contributed by atoms with Crippen molar-refractivity contribution < 1.29 is 14.3 Å². The van der Waals surface area contributed by atoms with Crippen LogP contribution in [0.15, 0.2) is 10.7 Å². The van der Waals surface area contributed by atoms with Crippen molar-refractivity contribution in [1.29, 1.82) is 0 Å². The maximum Gasteiger partial charge on any atom is 0.229 e. The minimum atomic E-state index is -0.486. The standard InChI is InChI=1S/C18H22N4O3/c1-9(23)6-19-16-15-14(20-8-21-16)13-11-5-18(3,4)24-7-12(11)10(2)22-17(13)25-15/h8-9,23H,5-7H2,1-4H3,(H,19,20,21)/t9-/m0/s1. The van der Waals surface area contributed by atoms with Gasteiger partial charge in [-0.15, -0.1) is 0 Å². The summed E-state index contributed by atoms with van der Waals surface area (Å²) >= 11 is 0. The van der Waals surface area contributed by atoms with E-state index in [2.05, 4.69) is 34.1 Å². The van der Waals surface area contributed by atoms with Gasteiger partial charge in [-0.1, -0.05) is 0 Å². The number of nitrogens with one attached hydrogen (secondary N) is 1. The van der Waals surface area contributed by atoms with Gasteiger partial charge in [-0.2, -0.15) is 0 Å². The maximum atomic E-state index is 9.51. The molecule has 0 aliphatic carbocycles. The van der Waals surface area contributed by atoms with Gasteiger partial charge in [-0.3, -0.25) is 0 Å². The molecule has 0 saturated carbocycles. The van der Waals surface area contributed by atoms with Crippen molar-refractivity contribution in [3.63, 3.8) is 0 Å². The van der Waals surface area contributed by atoms with E-state index in [1.165, 1.54) is 11.9 Å². The van der Waals surface area contributed by atoms with Crippen LogP contribution in [-0.4, -0.2) is 38.3 Å². The molecule has 0 fully saturated rings. The summed E-state index contributed by atoms with van der Waals surface area (Å²) in [5.74, 6) is 0.571. The van der Waals surface area contributed by atoms with Gasteiger partial charge in [0, 0.05) is 24.2 Å². The third kappa shape index (κ3) is 2.73. The Kier molecular flexibility index (Phi) is 3.66. The van der Waals surface area contributed by atoms with E-state index in [1.54, 1.807) is 6.92 Å². The van der Waals surface area contributed by atoms with Gasteiger partial charge < -0.3 is 19.6 Å². The number of nitrogens with zero attached hydrogens (tertiary/aromatic N) is 3. The molecule has 2 N–H and O–H groups in total. The molecule has 0 spiro atoms. The van der Waals surface area contributed by atoms with Gasteiger partial charge in [0.1, 0.15) is 11.8 Å². The molecule has 4 heterocycles. The number of pyridine rings is 1. The van der Waals surface area contributed by atoms with Crippen molar-refractivity contribution in [2.45, 2.75) is 52.4 Å². The van der Waals surface area contributed by atoms with E-state index in [1.807, 2.05) is 6.92 Å². The predicted octanol–water partition coefficient (Wildman–Crippen LogP) is 2.72. The number of hydrogen-bond acceptors (Lipinski definition) is 7. The third-order valence-electron chi connectivity index (χ3n) is 4.60. The SMILES string of the molecule is Cc1nc2oc3c(NC[C@H](C)O)ncnc3c2c2c1COC(C)(C)C2. The van der Waals surface area contributed by atoms with Crippen molar-refractivity contribution in [2.75, 3.05) is 11.9 Å². The van der Waals surface area contributed by atoms with Crippen LogP contribution in [0.25, 0.3) is 22.2 Å². The fourth-order valence-corrected chi connectivity index (χ4v) is 3.34. The average molecular weight is 342 g/mol. The van der Waals surface area contributed by atoms with E-state index in [9.17, 15) is 5.11 Å². The summed E-state index contributed by atoms with van der Waals surface area (Å²) in [7, 11) is 0. The van der Waals surface area contributed by atoms with E-state index in [0.29, 0.717) is 30.3 Å². The Morgan fingerprint density at radius 2 is 2.12 bits per heavy atom. The molecule has 132 valence electrons. The second-order valence-corrected chi connectivity index (χ2v) is 7.29. The summed E-state index contributed by atoms with van der Waals surface area (Å²) in [6.45, 7) is 8.80. The summed E-state index contributed by atoms with van der Waals surface area (Å²) in [5.41, 5.74) is 4.89. The van der Waals surface area contributed by atoms with E-state index in [4.69, 9.17) is 9.15 Å². The highest BCUT2D eigenvalue weighted by atomic mass is 16.5. The number of anilines is 1. The summed E-state index contributed by atoms with van der Waals surface area (Å²) in [5, 5.41) is 13.6. The molecule has 3 aromatic heterocycles. The molecule has 4 rings (SSSR count). The molecule has 0 unspecified atom stereocenters. The van der Waals surface area contributed by atoms with E-state index in [0.717, 1.165) is 28.6 Å². The van der Waals surface area contributed by atoms with Gasteiger partial charge in [-0.05, 0) is 33.3 Å². The van der Waals surface area contributed by atoms with Crippen LogP contribution in [0, 0.1) is 6.92 Å². The quantitative estimate of drug-likeness (QED) is 0.756. The number of hydrogen-bond donors (Lipinski definition) is 2. The zero-order valence-electron chi connectivity index (χ0n) is 14.9. The van der Waals surface area contributed by atoms with Crippen LogP contribution >= 0.6 is 0 Å². The van der Waals surface area contributed by atoms with Crippen LogP contribution in [0.4, 0.5) is 5.82 Å². The molecule has 3 aromatic rings. The number of aliphatic hydroxyl groups is 1. The summed E-state index contributed by atoms with van der Waals surface area (Å²) in [6, 6.07) is 0. The zero-order chi connectivity index (χ0) is 17.8. The minimum Gasteiger partial charge on any atom is -0.432 e. The molecular formula is C18H22N4O3. The lowest BCUT2D eigenvalue weighted by molar-refractivity contribution is -0.0400. The smallest absolute Gasteiger partial charge is 0.229 e. The first-order valence-corrected chi connectivity index (χ1v) is 8.47. The number of aliphatic hydroxyl groups excluding tert-OH is 1. The molecule has 25 heavy (non-hydrogen) atoms. The largest absolute Gasteiger partial charge is 0.432 e. The highest BCUT2D eigenvalue weighted by Crippen LogP contribution is 2.39. The number of furan rings is 1. The maximum absolute atomic E-state index is 9.51. The van der Waals surface area contributed by atoms with Crippen molar-refractivity contribution in [2.24, 2.45) is 0 Å². The molecule has 0 radical (unpaired) electrons. The second-order valence-electron chi connectivity index (χ2n) is 7.29. The summed E-state index contributed by atoms with van der Waals surface area (Å²) < 4.78 is 12.0. The van der Waals surface area contributed by atoms with E-state index < -0.39 is 6.10 Å². The van der Waals surface area contributed by atoms with Gasteiger partial charge in [0.2, 0.25) is 5.71 Å². The monoisotopic (exact) mass is 342 g/mol. The Morgan fingerprint density at radius 3 is 2.88 bits per heavy atom. The first-order chi connectivity index (χ1) is 11.9. The highest BCUT2D eigenvalue weighted by Gasteiger charge is 2.31. The Balaban J connectivity index is 1.96. The first kappa shape index (κ1) is 16.2. The minimum absolute atomic E-state index is 0.238.